The standard InChI is InChI=1S/C12H13FN4O/c1-18-10-4-7(2-3-9(10)13)12-16-6-8(5-14)11(15)17-12/h2-4,6H,5,14H2,1H3,(H2,15,16,17). The molecule has 2 rings (SSSR count). The van der Waals surface area contributed by atoms with Crippen LogP contribution in [0.15, 0.2) is 24.4 Å². The summed E-state index contributed by atoms with van der Waals surface area (Å²) in [6, 6.07) is 4.38. The van der Waals surface area contributed by atoms with Crippen LogP contribution in [0.4, 0.5) is 10.2 Å². The first-order valence-corrected chi connectivity index (χ1v) is 5.31. The van der Waals surface area contributed by atoms with Gasteiger partial charge in [0.1, 0.15) is 5.82 Å². The Balaban J connectivity index is 2.45. The summed E-state index contributed by atoms with van der Waals surface area (Å²) >= 11 is 0. The van der Waals surface area contributed by atoms with Crippen LogP contribution in [0.3, 0.4) is 0 Å². The van der Waals surface area contributed by atoms with Crippen molar-refractivity contribution in [2.24, 2.45) is 5.73 Å². The van der Waals surface area contributed by atoms with Gasteiger partial charge in [-0.2, -0.15) is 0 Å². The zero-order valence-electron chi connectivity index (χ0n) is 9.85. The van der Waals surface area contributed by atoms with Crippen LogP contribution >= 0.6 is 0 Å². The Morgan fingerprint density at radius 2 is 2.17 bits per heavy atom. The van der Waals surface area contributed by atoms with Gasteiger partial charge in [-0.25, -0.2) is 14.4 Å². The summed E-state index contributed by atoms with van der Waals surface area (Å²) in [6.45, 7) is 0.277. The number of hydrogen-bond acceptors (Lipinski definition) is 5. The molecule has 4 N–H and O–H groups in total. The number of methoxy groups -OCH3 is 1. The second-order valence-electron chi connectivity index (χ2n) is 3.66. The Morgan fingerprint density at radius 1 is 1.39 bits per heavy atom. The lowest BCUT2D eigenvalue weighted by molar-refractivity contribution is 0.387. The van der Waals surface area contributed by atoms with E-state index < -0.39 is 5.82 Å². The van der Waals surface area contributed by atoms with E-state index in [4.69, 9.17) is 16.2 Å². The van der Waals surface area contributed by atoms with E-state index in [1.165, 1.54) is 19.2 Å². The molecule has 0 saturated carbocycles. The van der Waals surface area contributed by atoms with Crippen LogP contribution in [-0.4, -0.2) is 17.1 Å². The van der Waals surface area contributed by atoms with E-state index >= 15 is 0 Å². The number of ether oxygens (including phenoxy) is 1. The third kappa shape index (κ3) is 2.23. The third-order valence-corrected chi connectivity index (χ3v) is 2.53. The lowest BCUT2D eigenvalue weighted by atomic mass is 10.2. The van der Waals surface area contributed by atoms with Gasteiger partial charge in [0.2, 0.25) is 0 Å². The quantitative estimate of drug-likeness (QED) is 0.855. The lowest BCUT2D eigenvalue weighted by Gasteiger charge is -2.07. The molecule has 0 atom stereocenters. The van der Waals surface area contributed by atoms with Crippen LogP contribution in [0.5, 0.6) is 5.75 Å². The zero-order chi connectivity index (χ0) is 13.1. The van der Waals surface area contributed by atoms with Gasteiger partial charge in [0.25, 0.3) is 0 Å². The Hall–Kier alpha value is -2.21. The van der Waals surface area contributed by atoms with Crippen molar-refractivity contribution in [2.75, 3.05) is 12.8 Å². The van der Waals surface area contributed by atoms with E-state index in [9.17, 15) is 4.39 Å². The Labute approximate surface area is 104 Å². The number of halogens is 1. The monoisotopic (exact) mass is 248 g/mol. The van der Waals surface area contributed by atoms with E-state index in [0.29, 0.717) is 22.8 Å². The van der Waals surface area contributed by atoms with Crippen molar-refractivity contribution in [1.82, 2.24) is 9.97 Å². The second-order valence-corrected chi connectivity index (χ2v) is 3.66. The molecule has 18 heavy (non-hydrogen) atoms. The van der Waals surface area contributed by atoms with Gasteiger partial charge in [-0.05, 0) is 18.2 Å². The topological polar surface area (TPSA) is 87.0 Å². The highest BCUT2D eigenvalue weighted by Gasteiger charge is 2.09. The summed E-state index contributed by atoms with van der Waals surface area (Å²) < 4.78 is 18.2. The molecular formula is C12H13FN4O. The first-order chi connectivity index (χ1) is 8.65. The van der Waals surface area contributed by atoms with E-state index in [-0.39, 0.29) is 12.3 Å². The maximum atomic E-state index is 13.3. The minimum Gasteiger partial charge on any atom is -0.494 e. The maximum absolute atomic E-state index is 13.3. The molecule has 1 aromatic carbocycles. The zero-order valence-corrected chi connectivity index (χ0v) is 9.85. The maximum Gasteiger partial charge on any atom is 0.165 e. The number of benzene rings is 1. The van der Waals surface area contributed by atoms with Gasteiger partial charge in [-0.1, -0.05) is 0 Å². The molecule has 5 nitrogen and oxygen atoms in total. The van der Waals surface area contributed by atoms with Crippen molar-refractivity contribution in [1.29, 1.82) is 0 Å². The number of rotatable bonds is 3. The van der Waals surface area contributed by atoms with Gasteiger partial charge in [0.15, 0.2) is 17.4 Å². The molecule has 0 bridgehead atoms. The minimum atomic E-state index is -0.437. The third-order valence-electron chi connectivity index (χ3n) is 2.53. The summed E-state index contributed by atoms with van der Waals surface area (Å²) in [4.78, 5) is 8.26. The SMILES string of the molecule is COc1cc(-c2ncc(CN)c(N)n2)ccc1F. The molecule has 2 aromatic rings. The average Bonchev–Trinajstić information content (AvgIpc) is 2.39. The number of aromatic nitrogens is 2. The normalized spacial score (nSPS) is 10.4. The fraction of sp³-hybridized carbons (Fsp3) is 0.167. The molecule has 0 radical (unpaired) electrons. The predicted octanol–water partition coefficient (Wildman–Crippen LogP) is 1.33. The molecule has 0 saturated heterocycles. The van der Waals surface area contributed by atoms with Crippen molar-refractivity contribution in [3.8, 4) is 17.1 Å². The molecule has 0 spiro atoms. The van der Waals surface area contributed by atoms with Gasteiger partial charge in [-0.3, -0.25) is 0 Å². The number of hydrogen-bond donors (Lipinski definition) is 2. The second kappa shape index (κ2) is 4.97. The molecule has 1 heterocycles. The average molecular weight is 248 g/mol. The highest BCUT2D eigenvalue weighted by atomic mass is 19.1. The highest BCUT2D eigenvalue weighted by molar-refractivity contribution is 5.59. The number of nitrogen functional groups attached to an aromatic ring is 1. The molecule has 0 aliphatic heterocycles. The fourth-order valence-electron chi connectivity index (χ4n) is 1.52. The van der Waals surface area contributed by atoms with Gasteiger partial charge in [0, 0.05) is 23.9 Å². The molecule has 0 amide bonds. The molecule has 0 aliphatic rings. The van der Waals surface area contributed by atoms with E-state index in [2.05, 4.69) is 9.97 Å². The van der Waals surface area contributed by atoms with E-state index in [1.54, 1.807) is 12.3 Å². The van der Waals surface area contributed by atoms with Crippen molar-refractivity contribution < 1.29 is 9.13 Å². The van der Waals surface area contributed by atoms with Gasteiger partial charge in [-0.15, -0.1) is 0 Å². The Bertz CT molecular complexity index is 574. The van der Waals surface area contributed by atoms with E-state index in [0.717, 1.165) is 0 Å². The van der Waals surface area contributed by atoms with Crippen LogP contribution in [-0.2, 0) is 6.54 Å². The predicted molar refractivity (Wildman–Crippen MR) is 66.3 cm³/mol. The minimum absolute atomic E-state index is 0.137. The summed E-state index contributed by atoms with van der Waals surface area (Å²) in [5.74, 6) is 0.430. The molecule has 94 valence electrons. The van der Waals surface area contributed by atoms with Crippen molar-refractivity contribution >= 4 is 5.82 Å². The summed E-state index contributed by atoms with van der Waals surface area (Å²) in [5.41, 5.74) is 12.5. The van der Waals surface area contributed by atoms with Crippen molar-refractivity contribution in [3.05, 3.63) is 35.8 Å². The first-order valence-electron chi connectivity index (χ1n) is 5.31. The number of nitrogens with zero attached hydrogens (tertiary/aromatic N) is 2. The Morgan fingerprint density at radius 3 is 2.78 bits per heavy atom. The lowest BCUT2D eigenvalue weighted by Crippen LogP contribution is -2.05. The molecule has 0 aliphatic carbocycles. The fourth-order valence-corrected chi connectivity index (χ4v) is 1.52. The van der Waals surface area contributed by atoms with Gasteiger partial charge >= 0.3 is 0 Å². The largest absolute Gasteiger partial charge is 0.494 e. The van der Waals surface area contributed by atoms with Crippen molar-refractivity contribution in [2.45, 2.75) is 6.54 Å². The summed E-state index contributed by atoms with van der Waals surface area (Å²) in [5, 5.41) is 0. The summed E-state index contributed by atoms with van der Waals surface area (Å²) in [7, 11) is 1.40. The van der Waals surface area contributed by atoms with E-state index in [1.807, 2.05) is 0 Å². The molecule has 0 unspecified atom stereocenters. The smallest absolute Gasteiger partial charge is 0.165 e. The summed E-state index contributed by atoms with van der Waals surface area (Å²) in [6.07, 6.45) is 1.56. The van der Waals surface area contributed by atoms with Gasteiger partial charge in [0.05, 0.1) is 7.11 Å². The van der Waals surface area contributed by atoms with Crippen molar-refractivity contribution in [3.63, 3.8) is 0 Å². The van der Waals surface area contributed by atoms with Gasteiger partial charge < -0.3 is 16.2 Å². The molecule has 6 heteroatoms. The highest BCUT2D eigenvalue weighted by Crippen LogP contribution is 2.24. The van der Waals surface area contributed by atoms with Crippen LogP contribution in [0.1, 0.15) is 5.56 Å². The van der Waals surface area contributed by atoms with Crippen LogP contribution in [0.2, 0.25) is 0 Å². The Kier molecular flexibility index (Phi) is 3.38. The molecular weight excluding hydrogens is 235 g/mol. The molecule has 1 aromatic heterocycles. The van der Waals surface area contributed by atoms with Crippen LogP contribution in [0.25, 0.3) is 11.4 Å². The molecule has 0 fully saturated rings. The van der Waals surface area contributed by atoms with Crippen LogP contribution < -0.4 is 16.2 Å². The number of anilines is 1. The first kappa shape index (κ1) is 12.3. The number of nitrogens with two attached hydrogens (primary N) is 2. The van der Waals surface area contributed by atoms with Crippen LogP contribution in [0, 0.1) is 5.82 Å².